The van der Waals surface area contributed by atoms with Gasteiger partial charge in [-0.15, -0.1) is 24.0 Å². The fourth-order valence-electron chi connectivity index (χ4n) is 2.83. The van der Waals surface area contributed by atoms with Crippen LogP contribution in [-0.4, -0.2) is 37.0 Å². The average molecular weight is 430 g/mol. The SMILES string of the molecule is Cc1ccc(NC(N)=NCCCCCN2CCCCC2)cc1.I. The van der Waals surface area contributed by atoms with E-state index in [0.717, 1.165) is 18.7 Å². The largest absolute Gasteiger partial charge is 0.370 e. The van der Waals surface area contributed by atoms with Crippen LogP contribution in [0.25, 0.3) is 0 Å². The van der Waals surface area contributed by atoms with E-state index in [-0.39, 0.29) is 24.0 Å². The molecule has 0 bridgehead atoms. The van der Waals surface area contributed by atoms with Crippen LogP contribution in [0.2, 0.25) is 0 Å². The molecule has 3 N–H and O–H groups in total. The van der Waals surface area contributed by atoms with E-state index in [4.69, 9.17) is 5.73 Å². The molecule has 1 aliphatic heterocycles. The molecule has 1 aliphatic rings. The van der Waals surface area contributed by atoms with Crippen LogP contribution in [0.4, 0.5) is 5.69 Å². The first-order chi connectivity index (χ1) is 10.7. The lowest BCUT2D eigenvalue weighted by atomic mass is 10.1. The summed E-state index contributed by atoms with van der Waals surface area (Å²) in [6, 6.07) is 8.18. The van der Waals surface area contributed by atoms with Gasteiger partial charge in [0.05, 0.1) is 0 Å². The third kappa shape index (κ3) is 8.55. The molecule has 0 spiro atoms. The van der Waals surface area contributed by atoms with Gasteiger partial charge in [0.25, 0.3) is 0 Å². The molecule has 1 aromatic rings. The van der Waals surface area contributed by atoms with Crippen LogP contribution in [0, 0.1) is 6.92 Å². The Morgan fingerprint density at radius 2 is 1.78 bits per heavy atom. The highest BCUT2D eigenvalue weighted by atomic mass is 127. The fraction of sp³-hybridized carbons (Fsp3) is 0.611. The minimum absolute atomic E-state index is 0. The number of halogens is 1. The normalized spacial score (nSPS) is 16.0. The van der Waals surface area contributed by atoms with Crippen molar-refractivity contribution >= 4 is 35.6 Å². The summed E-state index contributed by atoms with van der Waals surface area (Å²) >= 11 is 0. The summed E-state index contributed by atoms with van der Waals surface area (Å²) in [5.74, 6) is 0.514. The minimum atomic E-state index is 0. The van der Waals surface area contributed by atoms with Crippen LogP contribution in [0.3, 0.4) is 0 Å². The molecule has 0 unspecified atom stereocenters. The summed E-state index contributed by atoms with van der Waals surface area (Å²) in [6.45, 7) is 6.73. The number of unbranched alkanes of at least 4 members (excludes halogenated alkanes) is 2. The van der Waals surface area contributed by atoms with E-state index < -0.39 is 0 Å². The zero-order valence-corrected chi connectivity index (χ0v) is 16.6. The summed E-state index contributed by atoms with van der Waals surface area (Å²) in [6.07, 6.45) is 7.80. The number of likely N-dealkylation sites (tertiary alicyclic amines) is 1. The summed E-state index contributed by atoms with van der Waals surface area (Å²) < 4.78 is 0. The van der Waals surface area contributed by atoms with E-state index in [2.05, 4.69) is 34.3 Å². The van der Waals surface area contributed by atoms with Crippen LogP contribution in [0.1, 0.15) is 44.1 Å². The van der Waals surface area contributed by atoms with E-state index in [1.165, 1.54) is 57.3 Å². The van der Waals surface area contributed by atoms with E-state index in [1.54, 1.807) is 0 Å². The molecule has 0 aliphatic carbocycles. The predicted octanol–water partition coefficient (Wildman–Crippen LogP) is 4.00. The Bertz CT molecular complexity index is 453. The van der Waals surface area contributed by atoms with Crippen molar-refractivity contribution in [1.29, 1.82) is 0 Å². The quantitative estimate of drug-likeness (QED) is 0.298. The van der Waals surface area contributed by atoms with Crippen molar-refractivity contribution in [3.8, 4) is 0 Å². The molecular formula is C18H31IN4. The van der Waals surface area contributed by atoms with Gasteiger partial charge in [0.15, 0.2) is 5.96 Å². The molecule has 1 saturated heterocycles. The first-order valence-electron chi connectivity index (χ1n) is 8.60. The van der Waals surface area contributed by atoms with Gasteiger partial charge in [0.2, 0.25) is 0 Å². The Morgan fingerprint density at radius 3 is 2.48 bits per heavy atom. The number of guanidine groups is 1. The van der Waals surface area contributed by atoms with E-state index in [0.29, 0.717) is 5.96 Å². The third-order valence-electron chi connectivity index (χ3n) is 4.19. The average Bonchev–Trinajstić information content (AvgIpc) is 2.54. The highest BCUT2D eigenvalue weighted by molar-refractivity contribution is 14.0. The van der Waals surface area contributed by atoms with Gasteiger partial charge in [-0.05, 0) is 64.4 Å². The molecule has 5 heteroatoms. The van der Waals surface area contributed by atoms with Crippen LogP contribution in [0.5, 0.6) is 0 Å². The Hall–Kier alpha value is -0.820. The second kappa shape index (κ2) is 11.7. The van der Waals surface area contributed by atoms with Crippen molar-refractivity contribution in [1.82, 2.24) is 4.90 Å². The molecular weight excluding hydrogens is 399 g/mol. The standard InChI is InChI=1S/C18H30N4.HI/c1-16-8-10-17(11-9-16)21-18(19)20-12-4-2-5-13-22-14-6-3-7-15-22;/h8-11H,2-7,12-15H2,1H3,(H3,19,20,21);1H. The molecule has 0 saturated carbocycles. The maximum absolute atomic E-state index is 5.91. The Morgan fingerprint density at radius 1 is 1.09 bits per heavy atom. The van der Waals surface area contributed by atoms with Crippen molar-refractivity contribution in [2.24, 2.45) is 10.7 Å². The van der Waals surface area contributed by atoms with Gasteiger partial charge in [-0.3, -0.25) is 4.99 Å². The Labute approximate surface area is 157 Å². The number of hydrogen-bond acceptors (Lipinski definition) is 2. The van der Waals surface area contributed by atoms with E-state index >= 15 is 0 Å². The summed E-state index contributed by atoms with van der Waals surface area (Å²) in [5, 5.41) is 3.13. The maximum atomic E-state index is 5.91. The zero-order chi connectivity index (χ0) is 15.6. The molecule has 0 amide bonds. The van der Waals surface area contributed by atoms with Gasteiger partial charge < -0.3 is 16.0 Å². The Kier molecular flexibility index (Phi) is 10.3. The lowest BCUT2D eigenvalue weighted by Crippen LogP contribution is -2.30. The van der Waals surface area contributed by atoms with Gasteiger partial charge in [-0.25, -0.2) is 0 Å². The van der Waals surface area contributed by atoms with Crippen LogP contribution >= 0.6 is 24.0 Å². The number of rotatable bonds is 7. The monoisotopic (exact) mass is 430 g/mol. The number of nitrogens with two attached hydrogens (primary N) is 1. The molecule has 0 atom stereocenters. The van der Waals surface area contributed by atoms with E-state index in [1.807, 2.05) is 12.1 Å². The highest BCUT2D eigenvalue weighted by Gasteiger charge is 2.08. The molecule has 1 heterocycles. The second-order valence-corrected chi connectivity index (χ2v) is 6.22. The first kappa shape index (κ1) is 20.2. The molecule has 1 aromatic carbocycles. The highest BCUT2D eigenvalue weighted by Crippen LogP contribution is 2.10. The first-order valence-corrected chi connectivity index (χ1v) is 8.60. The predicted molar refractivity (Wildman–Crippen MR) is 111 cm³/mol. The molecule has 23 heavy (non-hydrogen) atoms. The van der Waals surface area contributed by atoms with Crippen LogP contribution in [-0.2, 0) is 0 Å². The molecule has 0 radical (unpaired) electrons. The minimum Gasteiger partial charge on any atom is -0.370 e. The number of nitrogens with one attached hydrogen (secondary N) is 1. The summed E-state index contributed by atoms with van der Waals surface area (Å²) in [7, 11) is 0. The second-order valence-electron chi connectivity index (χ2n) is 6.22. The van der Waals surface area contributed by atoms with Gasteiger partial charge in [0, 0.05) is 12.2 Å². The summed E-state index contributed by atoms with van der Waals surface area (Å²) in [4.78, 5) is 6.99. The third-order valence-corrected chi connectivity index (χ3v) is 4.19. The Balaban J connectivity index is 0.00000264. The maximum Gasteiger partial charge on any atom is 0.193 e. The molecule has 130 valence electrons. The van der Waals surface area contributed by atoms with Crippen molar-refractivity contribution in [2.75, 3.05) is 31.5 Å². The number of anilines is 1. The number of piperidine rings is 1. The van der Waals surface area contributed by atoms with Gasteiger partial charge in [-0.1, -0.05) is 30.5 Å². The van der Waals surface area contributed by atoms with Crippen LogP contribution < -0.4 is 11.1 Å². The number of benzene rings is 1. The fourth-order valence-corrected chi connectivity index (χ4v) is 2.83. The topological polar surface area (TPSA) is 53.6 Å². The number of aryl methyl sites for hydroxylation is 1. The van der Waals surface area contributed by atoms with Crippen molar-refractivity contribution in [2.45, 2.75) is 45.4 Å². The smallest absolute Gasteiger partial charge is 0.193 e. The van der Waals surface area contributed by atoms with Crippen molar-refractivity contribution in [3.05, 3.63) is 29.8 Å². The van der Waals surface area contributed by atoms with Crippen molar-refractivity contribution in [3.63, 3.8) is 0 Å². The molecule has 0 aromatic heterocycles. The molecule has 4 nitrogen and oxygen atoms in total. The van der Waals surface area contributed by atoms with E-state index in [9.17, 15) is 0 Å². The van der Waals surface area contributed by atoms with Gasteiger partial charge in [0.1, 0.15) is 0 Å². The molecule has 2 rings (SSSR count). The number of nitrogens with zero attached hydrogens (tertiary/aromatic N) is 2. The number of hydrogen-bond donors (Lipinski definition) is 2. The van der Waals surface area contributed by atoms with Crippen molar-refractivity contribution < 1.29 is 0 Å². The summed E-state index contributed by atoms with van der Waals surface area (Å²) in [5.41, 5.74) is 8.15. The van der Waals surface area contributed by atoms with Gasteiger partial charge in [-0.2, -0.15) is 0 Å². The van der Waals surface area contributed by atoms with Crippen LogP contribution in [0.15, 0.2) is 29.3 Å². The number of aliphatic imine (C=N–C) groups is 1. The zero-order valence-electron chi connectivity index (χ0n) is 14.3. The molecule has 1 fully saturated rings. The van der Waals surface area contributed by atoms with Gasteiger partial charge >= 0.3 is 0 Å². The lowest BCUT2D eigenvalue weighted by molar-refractivity contribution is 0.224. The lowest BCUT2D eigenvalue weighted by Gasteiger charge is -2.26.